The zero-order chi connectivity index (χ0) is 15.1. The smallest absolute Gasteiger partial charge is 0.261 e. The van der Waals surface area contributed by atoms with Crippen molar-refractivity contribution < 1.29 is 14.3 Å². The van der Waals surface area contributed by atoms with E-state index in [1.165, 1.54) is 0 Å². The first-order valence-corrected chi connectivity index (χ1v) is 6.81. The summed E-state index contributed by atoms with van der Waals surface area (Å²) in [7, 11) is 1.59. The largest absolute Gasteiger partial charge is 0.497 e. The summed E-state index contributed by atoms with van der Waals surface area (Å²) in [6.07, 6.45) is -0.569. The minimum absolute atomic E-state index is 0.151. The van der Waals surface area contributed by atoms with Crippen molar-refractivity contribution in [3.05, 3.63) is 60.2 Å². The van der Waals surface area contributed by atoms with Crippen LogP contribution >= 0.6 is 0 Å². The molecule has 110 valence electrons. The summed E-state index contributed by atoms with van der Waals surface area (Å²) in [4.78, 5) is 12.0. The summed E-state index contributed by atoms with van der Waals surface area (Å²) in [6, 6.07) is 17.0. The number of carbonyl (C=O) groups is 1. The lowest BCUT2D eigenvalue weighted by molar-refractivity contribution is -0.127. The average molecular weight is 285 g/mol. The van der Waals surface area contributed by atoms with Crippen LogP contribution in [0.15, 0.2) is 54.6 Å². The average Bonchev–Trinajstić information content (AvgIpc) is 2.53. The Morgan fingerprint density at radius 1 is 1.10 bits per heavy atom. The molecule has 0 unspecified atom stereocenters. The van der Waals surface area contributed by atoms with Crippen LogP contribution in [0.4, 0.5) is 0 Å². The lowest BCUT2D eigenvalue weighted by Gasteiger charge is -2.15. The molecule has 0 radical (unpaired) electrons. The van der Waals surface area contributed by atoms with Gasteiger partial charge in [0.2, 0.25) is 0 Å². The highest BCUT2D eigenvalue weighted by atomic mass is 16.5. The first kappa shape index (κ1) is 14.9. The molecular formula is C17H19NO3. The van der Waals surface area contributed by atoms with E-state index < -0.39 is 6.10 Å². The molecule has 4 nitrogen and oxygen atoms in total. The van der Waals surface area contributed by atoms with Gasteiger partial charge >= 0.3 is 0 Å². The van der Waals surface area contributed by atoms with Crippen LogP contribution in [0.2, 0.25) is 0 Å². The molecule has 0 saturated heterocycles. The lowest BCUT2D eigenvalue weighted by atomic mass is 10.2. The summed E-state index contributed by atoms with van der Waals surface area (Å²) in [5.74, 6) is 1.16. The van der Waals surface area contributed by atoms with E-state index in [9.17, 15) is 4.79 Å². The van der Waals surface area contributed by atoms with Crippen molar-refractivity contribution >= 4 is 5.91 Å². The Morgan fingerprint density at radius 3 is 2.52 bits per heavy atom. The molecule has 21 heavy (non-hydrogen) atoms. The van der Waals surface area contributed by atoms with Crippen LogP contribution in [0.1, 0.15) is 12.5 Å². The van der Waals surface area contributed by atoms with Crippen LogP contribution in [-0.2, 0) is 11.3 Å². The molecule has 0 heterocycles. The maximum Gasteiger partial charge on any atom is 0.261 e. The van der Waals surface area contributed by atoms with Crippen LogP contribution in [0.3, 0.4) is 0 Å². The van der Waals surface area contributed by atoms with Gasteiger partial charge in [-0.15, -0.1) is 0 Å². The van der Waals surface area contributed by atoms with Gasteiger partial charge in [-0.1, -0.05) is 36.4 Å². The normalized spacial score (nSPS) is 11.5. The van der Waals surface area contributed by atoms with Crippen LogP contribution in [0.25, 0.3) is 0 Å². The second-order valence-corrected chi connectivity index (χ2v) is 4.64. The molecule has 0 aliphatic carbocycles. The fourth-order valence-corrected chi connectivity index (χ4v) is 1.86. The number of nitrogens with one attached hydrogen (secondary N) is 1. The van der Waals surface area contributed by atoms with Crippen molar-refractivity contribution in [3.63, 3.8) is 0 Å². The Kier molecular flexibility index (Phi) is 5.21. The van der Waals surface area contributed by atoms with Crippen molar-refractivity contribution in [1.82, 2.24) is 5.32 Å². The van der Waals surface area contributed by atoms with Gasteiger partial charge in [0.15, 0.2) is 6.10 Å². The van der Waals surface area contributed by atoms with E-state index in [-0.39, 0.29) is 5.91 Å². The van der Waals surface area contributed by atoms with Crippen molar-refractivity contribution in [3.8, 4) is 11.5 Å². The van der Waals surface area contributed by atoms with Gasteiger partial charge in [-0.25, -0.2) is 0 Å². The molecule has 4 heteroatoms. The number of hydrogen-bond acceptors (Lipinski definition) is 3. The van der Waals surface area contributed by atoms with Crippen molar-refractivity contribution in [2.75, 3.05) is 7.11 Å². The predicted octanol–water partition coefficient (Wildman–Crippen LogP) is 2.78. The molecule has 2 aromatic carbocycles. The number of ether oxygens (including phenoxy) is 2. The number of carbonyl (C=O) groups excluding carboxylic acids is 1. The second kappa shape index (κ2) is 7.33. The van der Waals surface area contributed by atoms with E-state index in [0.717, 1.165) is 5.56 Å². The minimum atomic E-state index is -0.569. The zero-order valence-electron chi connectivity index (χ0n) is 12.2. The molecule has 0 saturated carbocycles. The molecule has 1 atom stereocenters. The molecule has 0 aliphatic heterocycles. The Morgan fingerprint density at radius 2 is 1.81 bits per heavy atom. The van der Waals surface area contributed by atoms with Gasteiger partial charge in [-0.05, 0) is 24.6 Å². The Hall–Kier alpha value is -2.49. The molecule has 0 aromatic heterocycles. The summed E-state index contributed by atoms with van der Waals surface area (Å²) < 4.78 is 10.7. The Bertz CT molecular complexity index is 584. The van der Waals surface area contributed by atoms with Gasteiger partial charge in [0.25, 0.3) is 5.91 Å². The summed E-state index contributed by atoms with van der Waals surface area (Å²) in [6.45, 7) is 2.21. The second-order valence-electron chi connectivity index (χ2n) is 4.64. The highest BCUT2D eigenvalue weighted by Gasteiger charge is 2.14. The Labute approximate surface area is 124 Å². The van der Waals surface area contributed by atoms with E-state index in [4.69, 9.17) is 9.47 Å². The van der Waals surface area contributed by atoms with Crippen LogP contribution in [0.5, 0.6) is 11.5 Å². The summed E-state index contributed by atoms with van der Waals surface area (Å²) in [5, 5.41) is 2.85. The minimum Gasteiger partial charge on any atom is -0.497 e. The van der Waals surface area contributed by atoms with Crippen LogP contribution in [-0.4, -0.2) is 19.1 Å². The van der Waals surface area contributed by atoms with E-state index in [1.54, 1.807) is 26.2 Å². The van der Waals surface area contributed by atoms with Crippen LogP contribution < -0.4 is 14.8 Å². The fraction of sp³-hybridized carbons (Fsp3) is 0.235. The fourth-order valence-electron chi connectivity index (χ4n) is 1.86. The van der Waals surface area contributed by atoms with E-state index in [0.29, 0.717) is 18.0 Å². The molecule has 2 aromatic rings. The molecule has 0 spiro atoms. The summed E-state index contributed by atoms with van der Waals surface area (Å²) in [5.41, 5.74) is 1.06. The first-order chi connectivity index (χ1) is 10.2. The lowest BCUT2D eigenvalue weighted by Crippen LogP contribution is -2.35. The molecule has 2 rings (SSSR count). The molecular weight excluding hydrogens is 266 g/mol. The zero-order valence-corrected chi connectivity index (χ0v) is 12.2. The topological polar surface area (TPSA) is 47.6 Å². The number of rotatable bonds is 6. The Balaban J connectivity index is 1.87. The number of amides is 1. The quantitative estimate of drug-likeness (QED) is 0.887. The third-order valence-electron chi connectivity index (χ3n) is 3.03. The van der Waals surface area contributed by atoms with E-state index in [1.807, 2.05) is 42.5 Å². The standard InChI is InChI=1S/C17H19NO3/c1-13(21-16-10-6-9-15(11-16)20-2)17(19)18-12-14-7-4-3-5-8-14/h3-11,13H,12H2,1-2H3,(H,18,19)/t13-/m0/s1. The molecule has 1 N–H and O–H groups in total. The SMILES string of the molecule is COc1cccc(O[C@@H](C)C(=O)NCc2ccccc2)c1. The van der Waals surface area contributed by atoms with Crippen LogP contribution in [0, 0.1) is 0 Å². The van der Waals surface area contributed by atoms with Gasteiger partial charge in [0.05, 0.1) is 7.11 Å². The van der Waals surface area contributed by atoms with Gasteiger partial charge in [-0.3, -0.25) is 4.79 Å². The van der Waals surface area contributed by atoms with Crippen molar-refractivity contribution in [1.29, 1.82) is 0 Å². The van der Waals surface area contributed by atoms with Crippen molar-refractivity contribution in [2.24, 2.45) is 0 Å². The monoisotopic (exact) mass is 285 g/mol. The van der Waals surface area contributed by atoms with Gasteiger partial charge < -0.3 is 14.8 Å². The third kappa shape index (κ3) is 4.53. The molecule has 0 bridgehead atoms. The third-order valence-corrected chi connectivity index (χ3v) is 3.03. The number of benzene rings is 2. The van der Waals surface area contributed by atoms with Gasteiger partial charge in [0, 0.05) is 12.6 Å². The van der Waals surface area contributed by atoms with Crippen molar-refractivity contribution in [2.45, 2.75) is 19.6 Å². The van der Waals surface area contributed by atoms with Gasteiger partial charge in [-0.2, -0.15) is 0 Å². The maximum atomic E-state index is 12.0. The number of hydrogen-bond donors (Lipinski definition) is 1. The highest BCUT2D eigenvalue weighted by molar-refractivity contribution is 5.80. The molecule has 0 aliphatic rings. The summed E-state index contributed by atoms with van der Waals surface area (Å²) >= 11 is 0. The van der Waals surface area contributed by atoms with E-state index >= 15 is 0 Å². The first-order valence-electron chi connectivity index (χ1n) is 6.81. The van der Waals surface area contributed by atoms with E-state index in [2.05, 4.69) is 5.32 Å². The number of methoxy groups -OCH3 is 1. The molecule has 1 amide bonds. The highest BCUT2D eigenvalue weighted by Crippen LogP contribution is 2.19. The van der Waals surface area contributed by atoms with Gasteiger partial charge in [0.1, 0.15) is 11.5 Å². The predicted molar refractivity (Wildman–Crippen MR) is 81.4 cm³/mol. The molecule has 0 fully saturated rings. The maximum absolute atomic E-state index is 12.0.